The fraction of sp³-hybridized carbons (Fsp3) is 0. The molecule has 0 unspecified atom stereocenters. The molecule has 0 aliphatic heterocycles. The first-order valence-corrected chi connectivity index (χ1v) is 1.76. The van der Waals surface area contributed by atoms with E-state index in [1.54, 1.807) is 0 Å². The van der Waals surface area contributed by atoms with E-state index in [-0.39, 0.29) is 51.4 Å². The summed E-state index contributed by atoms with van der Waals surface area (Å²) in [6, 6.07) is 0. The fourth-order valence-electron chi connectivity index (χ4n) is 0.0866. The van der Waals surface area contributed by atoms with E-state index >= 15 is 0 Å². The molecule has 0 aromatic rings. The van der Waals surface area contributed by atoms with Gasteiger partial charge in [-0.25, -0.2) is 15.8 Å². The maximum Gasteiger partial charge on any atom is 1.00 e. The molecule has 0 saturated heterocycles. The third-order valence-corrected chi connectivity index (χ3v) is 0.534. The van der Waals surface area contributed by atoms with Crippen molar-refractivity contribution in [3.63, 3.8) is 0 Å². The summed E-state index contributed by atoms with van der Waals surface area (Å²) in [4.78, 5) is 0. The van der Waals surface area contributed by atoms with Gasteiger partial charge in [0.15, 0.2) is 0 Å². The summed E-state index contributed by atoms with van der Waals surface area (Å²) in [5, 5.41) is 23.2. The Morgan fingerprint density at radius 2 is 1.22 bits per heavy atom. The summed E-state index contributed by atoms with van der Waals surface area (Å²) in [6.07, 6.45) is -3.54. The zero-order chi connectivity index (χ0) is 6.62. The Balaban J connectivity index is 0. The molecule has 0 radical (unpaired) electrons. The van der Waals surface area contributed by atoms with Gasteiger partial charge in [0.1, 0.15) is 0 Å². The van der Waals surface area contributed by atoms with Crippen LogP contribution >= 0.6 is 0 Å². The van der Waals surface area contributed by atoms with Crippen LogP contribution in [0.2, 0.25) is 0 Å². The van der Waals surface area contributed by atoms with Gasteiger partial charge in [-0.05, 0) is 0 Å². The smallest absolute Gasteiger partial charge is 0.468 e. The Labute approximate surface area is 94.4 Å². The van der Waals surface area contributed by atoms with Crippen LogP contribution in [-0.4, -0.2) is 6.42 Å². The van der Waals surface area contributed by atoms with Crippen molar-refractivity contribution in [2.24, 2.45) is 0 Å². The van der Waals surface area contributed by atoms with Crippen LogP contribution in [0.25, 0.3) is 0 Å². The molecule has 0 aromatic carbocycles. The van der Waals surface area contributed by atoms with Crippen LogP contribution in [0.4, 0.5) is 4.32 Å². The number of rotatable bonds is 0. The number of halogens is 1. The SMILES string of the molecule is N#C[B-](F)(C#N)C#N.[K+]. The van der Waals surface area contributed by atoms with Gasteiger partial charge < -0.3 is 4.32 Å². The zero-order valence-corrected chi connectivity index (χ0v) is 7.92. The van der Waals surface area contributed by atoms with Gasteiger partial charge >= 0.3 is 57.8 Å². The maximum atomic E-state index is 12.0. The second kappa shape index (κ2) is 4.93. The largest absolute Gasteiger partial charge is 1.00 e. The molecule has 0 heterocycles. The van der Waals surface area contributed by atoms with Gasteiger partial charge in [-0.1, -0.05) is 17.9 Å². The fourth-order valence-corrected chi connectivity index (χ4v) is 0.0866. The second-order valence-electron chi connectivity index (χ2n) is 1.15. The van der Waals surface area contributed by atoms with Crippen LogP contribution in [0.5, 0.6) is 0 Å². The second-order valence-corrected chi connectivity index (χ2v) is 1.15. The van der Waals surface area contributed by atoms with E-state index in [1.165, 1.54) is 0 Å². The van der Waals surface area contributed by atoms with Gasteiger partial charge in [-0.2, -0.15) is 0 Å². The summed E-state index contributed by atoms with van der Waals surface area (Å²) < 4.78 is 12.0. The first kappa shape index (κ1) is 11.8. The maximum absolute atomic E-state index is 12.0. The van der Waals surface area contributed by atoms with Crippen molar-refractivity contribution < 1.29 is 55.7 Å². The van der Waals surface area contributed by atoms with Crippen LogP contribution in [0.1, 0.15) is 0 Å². The van der Waals surface area contributed by atoms with Gasteiger partial charge in [0.2, 0.25) is 0 Å². The van der Waals surface area contributed by atoms with Gasteiger partial charge in [-0.3, -0.25) is 0 Å². The summed E-state index contributed by atoms with van der Waals surface area (Å²) in [7, 11) is 0. The molecule has 9 heavy (non-hydrogen) atoms. The van der Waals surface area contributed by atoms with E-state index in [9.17, 15) is 4.32 Å². The molecule has 0 aliphatic carbocycles. The number of nitriles is 3. The molecule has 0 bridgehead atoms. The van der Waals surface area contributed by atoms with Crippen molar-refractivity contribution in [1.82, 2.24) is 0 Å². The molecule has 0 aromatic heterocycles. The summed E-state index contributed by atoms with van der Waals surface area (Å²) in [5.74, 6) is 2.85. The van der Waals surface area contributed by atoms with E-state index in [0.29, 0.717) is 0 Å². The average Bonchev–Trinajstić information content (AvgIpc) is 1.87. The zero-order valence-electron chi connectivity index (χ0n) is 4.80. The Bertz CT molecular complexity index is 173. The van der Waals surface area contributed by atoms with Crippen LogP contribution in [0.3, 0.4) is 0 Å². The molecule has 0 rings (SSSR count). The summed E-state index contributed by atoms with van der Waals surface area (Å²) in [5.41, 5.74) is 0. The van der Waals surface area contributed by atoms with E-state index in [0.717, 1.165) is 17.9 Å². The van der Waals surface area contributed by atoms with E-state index in [2.05, 4.69) is 0 Å². The van der Waals surface area contributed by atoms with Crippen LogP contribution < -0.4 is 51.4 Å². The summed E-state index contributed by atoms with van der Waals surface area (Å²) >= 11 is 0. The van der Waals surface area contributed by atoms with Crippen molar-refractivity contribution in [3.05, 3.63) is 0 Å². The predicted molar refractivity (Wildman–Crippen MR) is 23.7 cm³/mol. The quantitative estimate of drug-likeness (QED) is 0.345. The number of hydrogen-bond donors (Lipinski definition) is 0. The third-order valence-electron chi connectivity index (χ3n) is 0.534. The monoisotopic (exact) mass is 147 g/mol. The molecule has 0 N–H and O–H groups in total. The van der Waals surface area contributed by atoms with E-state index < -0.39 is 6.42 Å². The van der Waals surface area contributed by atoms with Gasteiger partial charge in [-0.15, -0.1) is 0 Å². The van der Waals surface area contributed by atoms with Crippen LogP contribution in [0, 0.1) is 33.7 Å². The molecule has 0 saturated carbocycles. The molecule has 6 heteroatoms. The Hall–Kier alpha value is 0.101. The van der Waals surface area contributed by atoms with Crippen molar-refractivity contribution in [2.45, 2.75) is 0 Å². The first-order valence-electron chi connectivity index (χ1n) is 1.76. The minimum Gasteiger partial charge on any atom is -0.468 e. The van der Waals surface area contributed by atoms with Gasteiger partial charge in [0.05, 0.1) is 0 Å². The molecule has 0 fully saturated rings. The molecule has 3 nitrogen and oxygen atoms in total. The minimum absolute atomic E-state index is 0. The van der Waals surface area contributed by atoms with Crippen molar-refractivity contribution >= 4 is 6.42 Å². The Morgan fingerprint density at radius 3 is 1.22 bits per heavy atom. The Morgan fingerprint density at radius 1 is 1.00 bits per heavy atom. The molecule has 0 spiro atoms. The molecule has 38 valence electrons. The molecular formula is C3BFKN3. The summed E-state index contributed by atoms with van der Waals surface area (Å²) in [6.45, 7) is 0. The number of hydrogen-bond acceptors (Lipinski definition) is 3. The van der Waals surface area contributed by atoms with Crippen molar-refractivity contribution in [3.8, 4) is 17.9 Å². The minimum atomic E-state index is -3.54. The average molecular weight is 147 g/mol. The molecule has 0 amide bonds. The Kier molecular flexibility index (Phi) is 6.49. The van der Waals surface area contributed by atoms with Crippen molar-refractivity contribution in [1.29, 1.82) is 15.8 Å². The van der Waals surface area contributed by atoms with Gasteiger partial charge in [0, 0.05) is 0 Å². The standard InChI is InChI=1S/C3BFN3.K/c5-4(1-6,2-7)3-8;/q-1;+1. The first-order chi connectivity index (χ1) is 3.68. The van der Waals surface area contributed by atoms with Crippen LogP contribution in [-0.2, 0) is 0 Å². The molecular weight excluding hydrogens is 147 g/mol. The normalized spacial score (nSPS) is 7.33. The topological polar surface area (TPSA) is 71.4 Å². The molecule has 0 aliphatic rings. The molecule has 0 atom stereocenters. The van der Waals surface area contributed by atoms with E-state index in [1.807, 2.05) is 0 Å². The third kappa shape index (κ3) is 3.64. The number of nitrogens with zero attached hydrogens (tertiary/aromatic N) is 3. The van der Waals surface area contributed by atoms with E-state index in [4.69, 9.17) is 15.8 Å². The van der Waals surface area contributed by atoms with Crippen molar-refractivity contribution in [2.75, 3.05) is 0 Å². The van der Waals surface area contributed by atoms with Gasteiger partial charge in [0.25, 0.3) is 0 Å². The predicted octanol–water partition coefficient (Wildman–Crippen LogP) is -2.91. The van der Waals surface area contributed by atoms with Crippen LogP contribution in [0.15, 0.2) is 0 Å².